The molecule has 0 bridgehead atoms. The quantitative estimate of drug-likeness (QED) is 0.659. The molecule has 0 spiro atoms. The average Bonchev–Trinajstić information content (AvgIpc) is 2.59. The zero-order valence-electron chi connectivity index (χ0n) is 16.5. The van der Waals surface area contributed by atoms with Gasteiger partial charge in [-0.3, -0.25) is 4.79 Å². The van der Waals surface area contributed by atoms with Crippen molar-refractivity contribution in [2.24, 2.45) is 11.7 Å². The fourth-order valence-electron chi connectivity index (χ4n) is 2.59. The lowest BCUT2D eigenvalue weighted by atomic mass is 9.94. The van der Waals surface area contributed by atoms with Crippen LogP contribution < -0.4 is 15.8 Å². The second kappa shape index (κ2) is 9.52. The highest BCUT2D eigenvalue weighted by Crippen LogP contribution is 2.22. The van der Waals surface area contributed by atoms with E-state index in [2.05, 4.69) is 10.0 Å². The first kappa shape index (κ1) is 24.1. The van der Waals surface area contributed by atoms with Gasteiger partial charge in [0.05, 0.1) is 10.8 Å². The first-order valence-electron chi connectivity index (χ1n) is 8.75. The van der Waals surface area contributed by atoms with Crippen molar-refractivity contribution in [3.05, 3.63) is 60.2 Å². The number of benzene rings is 2. The summed E-state index contributed by atoms with van der Waals surface area (Å²) in [6, 6.07) is 15.1. The summed E-state index contributed by atoms with van der Waals surface area (Å²) in [5.41, 5.74) is 6.87. The largest absolute Gasteiger partial charge is 0.326 e. The molecule has 0 saturated heterocycles. The summed E-state index contributed by atoms with van der Waals surface area (Å²) in [4.78, 5) is 12.7. The van der Waals surface area contributed by atoms with Crippen molar-refractivity contribution in [3.8, 4) is 0 Å². The van der Waals surface area contributed by atoms with E-state index >= 15 is 0 Å². The summed E-state index contributed by atoms with van der Waals surface area (Å²) in [5, 5.41) is 2.76. The van der Waals surface area contributed by atoms with Gasteiger partial charge in [-0.1, -0.05) is 43.3 Å². The number of hydrogen-bond donors (Lipinski definition) is 3. The Morgan fingerprint density at radius 3 is 2.21 bits per heavy atom. The molecule has 0 radical (unpaired) electrons. The smallest absolute Gasteiger partial charge is 0.241 e. The molecule has 2 aromatic rings. The minimum absolute atomic E-state index is 0. The van der Waals surface area contributed by atoms with Gasteiger partial charge in [-0.2, -0.15) is 0 Å². The van der Waals surface area contributed by atoms with Gasteiger partial charge >= 0.3 is 0 Å². The van der Waals surface area contributed by atoms with E-state index in [-0.39, 0.29) is 23.2 Å². The second-order valence-corrected chi connectivity index (χ2v) is 9.28. The first-order chi connectivity index (χ1) is 12.5. The molecule has 8 heteroatoms. The molecule has 2 aromatic carbocycles. The summed E-state index contributed by atoms with van der Waals surface area (Å²) >= 11 is 0. The van der Waals surface area contributed by atoms with Crippen molar-refractivity contribution in [3.63, 3.8) is 0 Å². The van der Waals surface area contributed by atoms with Crippen LogP contribution in [-0.4, -0.2) is 19.9 Å². The van der Waals surface area contributed by atoms with E-state index in [9.17, 15) is 13.2 Å². The molecule has 0 saturated carbocycles. The minimum atomic E-state index is -3.68. The van der Waals surface area contributed by atoms with E-state index in [1.165, 1.54) is 12.1 Å². The van der Waals surface area contributed by atoms with Crippen LogP contribution in [0.2, 0.25) is 0 Å². The third-order valence-electron chi connectivity index (χ3n) is 3.99. The molecule has 6 nitrogen and oxygen atoms in total. The molecule has 2 atom stereocenters. The number of nitrogens with one attached hydrogen (secondary N) is 2. The van der Waals surface area contributed by atoms with Crippen molar-refractivity contribution < 1.29 is 13.2 Å². The van der Waals surface area contributed by atoms with E-state index in [0.717, 1.165) is 5.56 Å². The highest BCUT2D eigenvalue weighted by Gasteiger charge is 2.24. The monoisotopic (exact) mass is 425 g/mol. The van der Waals surface area contributed by atoms with Gasteiger partial charge in [0.15, 0.2) is 0 Å². The average molecular weight is 426 g/mol. The van der Waals surface area contributed by atoms with Crippen molar-refractivity contribution in [1.82, 2.24) is 4.72 Å². The maximum absolute atomic E-state index is 12.6. The Hall–Kier alpha value is -1.93. The summed E-state index contributed by atoms with van der Waals surface area (Å²) in [6.07, 6.45) is 0. The molecule has 28 heavy (non-hydrogen) atoms. The predicted molar refractivity (Wildman–Crippen MR) is 115 cm³/mol. The molecular formula is C20H28ClN3O3S. The Kier molecular flexibility index (Phi) is 8.19. The summed E-state index contributed by atoms with van der Waals surface area (Å²) < 4.78 is 27.5. The summed E-state index contributed by atoms with van der Waals surface area (Å²) in [5.74, 6) is -0.759. The maximum Gasteiger partial charge on any atom is 0.241 e. The van der Waals surface area contributed by atoms with E-state index in [0.29, 0.717) is 5.69 Å². The van der Waals surface area contributed by atoms with Gasteiger partial charge in [-0.15, -0.1) is 12.4 Å². The number of amides is 1. The van der Waals surface area contributed by atoms with Gasteiger partial charge in [0.2, 0.25) is 15.9 Å². The van der Waals surface area contributed by atoms with Crippen LogP contribution in [-0.2, 0) is 14.8 Å². The van der Waals surface area contributed by atoms with Crippen molar-refractivity contribution >= 4 is 34.0 Å². The Bertz CT molecular complexity index is 896. The van der Waals surface area contributed by atoms with Gasteiger partial charge in [-0.25, -0.2) is 13.1 Å². The Labute approximate surface area is 173 Å². The third kappa shape index (κ3) is 6.60. The van der Waals surface area contributed by atoms with Crippen LogP contribution >= 0.6 is 12.4 Å². The zero-order valence-corrected chi connectivity index (χ0v) is 18.1. The number of nitrogens with two attached hydrogens (primary N) is 1. The molecule has 1 amide bonds. The third-order valence-corrected chi connectivity index (χ3v) is 5.74. The van der Waals surface area contributed by atoms with Gasteiger partial charge in [0.25, 0.3) is 0 Å². The van der Waals surface area contributed by atoms with E-state index in [1.807, 2.05) is 30.3 Å². The lowest BCUT2D eigenvalue weighted by Crippen LogP contribution is -2.40. The molecule has 2 rings (SSSR count). The number of carbonyl (C=O) groups excluding carboxylic acids is 1. The zero-order chi connectivity index (χ0) is 20.2. The lowest BCUT2D eigenvalue weighted by Gasteiger charge is -2.21. The number of rotatable bonds is 6. The first-order valence-corrected chi connectivity index (χ1v) is 10.2. The number of sulfonamides is 1. The SMILES string of the molecule is CC(C(=O)Nc1cccc(S(=O)(=O)NC(C)(C)C)c1)C(N)c1ccccc1.Cl. The van der Waals surface area contributed by atoms with Crippen molar-refractivity contribution in [2.75, 3.05) is 5.32 Å². The molecule has 4 N–H and O–H groups in total. The minimum Gasteiger partial charge on any atom is -0.326 e. The van der Waals surface area contributed by atoms with E-state index in [1.54, 1.807) is 39.8 Å². The molecule has 0 fully saturated rings. The number of halogens is 1. The Balaban J connectivity index is 0.00000392. The van der Waals surface area contributed by atoms with Crippen LogP contribution in [0.5, 0.6) is 0 Å². The second-order valence-electron chi connectivity index (χ2n) is 7.60. The van der Waals surface area contributed by atoms with Gasteiger partial charge in [0.1, 0.15) is 0 Å². The highest BCUT2D eigenvalue weighted by atomic mass is 35.5. The lowest BCUT2D eigenvalue weighted by molar-refractivity contribution is -0.120. The standard InChI is InChI=1S/C20H27N3O3S.ClH/c1-14(18(21)15-9-6-5-7-10-15)19(24)22-16-11-8-12-17(13-16)27(25,26)23-20(2,3)4;/h5-14,18,23H,21H2,1-4H3,(H,22,24);1H. The molecule has 154 valence electrons. The van der Waals surface area contributed by atoms with Crippen molar-refractivity contribution in [2.45, 2.75) is 44.2 Å². The van der Waals surface area contributed by atoms with Crippen LogP contribution in [0.4, 0.5) is 5.69 Å². The van der Waals surface area contributed by atoms with E-state index < -0.39 is 27.5 Å². The maximum atomic E-state index is 12.6. The number of carbonyl (C=O) groups is 1. The highest BCUT2D eigenvalue weighted by molar-refractivity contribution is 7.89. The van der Waals surface area contributed by atoms with Crippen LogP contribution in [0.25, 0.3) is 0 Å². The summed E-state index contributed by atoms with van der Waals surface area (Å²) in [6.45, 7) is 7.04. The molecule has 2 unspecified atom stereocenters. The molecule has 0 heterocycles. The fraction of sp³-hybridized carbons (Fsp3) is 0.350. The van der Waals surface area contributed by atoms with E-state index in [4.69, 9.17) is 5.73 Å². The topological polar surface area (TPSA) is 101 Å². The fourth-order valence-corrected chi connectivity index (χ4v) is 4.05. The number of anilines is 1. The van der Waals surface area contributed by atoms with Gasteiger partial charge < -0.3 is 11.1 Å². The molecular weight excluding hydrogens is 398 g/mol. The van der Waals surface area contributed by atoms with Crippen LogP contribution in [0.15, 0.2) is 59.5 Å². The normalized spacial score (nSPS) is 13.9. The molecule has 0 aromatic heterocycles. The molecule has 0 aliphatic rings. The van der Waals surface area contributed by atoms with Gasteiger partial charge in [0, 0.05) is 17.3 Å². The van der Waals surface area contributed by atoms with Crippen molar-refractivity contribution in [1.29, 1.82) is 0 Å². The molecule has 0 aliphatic heterocycles. The van der Waals surface area contributed by atoms with Crippen LogP contribution in [0.1, 0.15) is 39.3 Å². The Morgan fingerprint density at radius 1 is 1.04 bits per heavy atom. The number of hydrogen-bond acceptors (Lipinski definition) is 4. The predicted octanol–water partition coefficient (Wildman–Crippen LogP) is 3.46. The Morgan fingerprint density at radius 2 is 1.64 bits per heavy atom. The van der Waals surface area contributed by atoms with Gasteiger partial charge in [-0.05, 0) is 44.5 Å². The van der Waals surface area contributed by atoms with Crippen LogP contribution in [0, 0.1) is 5.92 Å². The van der Waals surface area contributed by atoms with Crippen LogP contribution in [0.3, 0.4) is 0 Å². The summed E-state index contributed by atoms with van der Waals surface area (Å²) in [7, 11) is -3.68. The molecule has 0 aliphatic carbocycles.